The van der Waals surface area contributed by atoms with Crippen LogP contribution < -0.4 is 5.73 Å². The number of H-pyrrole nitrogens is 1. The van der Waals surface area contributed by atoms with Gasteiger partial charge in [0.1, 0.15) is 5.82 Å². The van der Waals surface area contributed by atoms with Crippen LogP contribution in [0.4, 0.5) is 5.82 Å². The van der Waals surface area contributed by atoms with Gasteiger partial charge >= 0.3 is 0 Å². The SMILES string of the molecule is CC(c1ccc2ccccc2c1)c1cc(N)n[nH]1. The van der Waals surface area contributed by atoms with Crippen molar-refractivity contribution < 1.29 is 0 Å². The highest BCUT2D eigenvalue weighted by Gasteiger charge is 2.11. The molecule has 90 valence electrons. The molecule has 1 aromatic heterocycles. The summed E-state index contributed by atoms with van der Waals surface area (Å²) in [5, 5.41) is 9.48. The molecule has 3 heteroatoms. The van der Waals surface area contributed by atoms with Crippen molar-refractivity contribution in [3.63, 3.8) is 0 Å². The van der Waals surface area contributed by atoms with E-state index in [1.807, 2.05) is 6.07 Å². The van der Waals surface area contributed by atoms with Crippen molar-refractivity contribution in [2.75, 3.05) is 5.73 Å². The summed E-state index contributed by atoms with van der Waals surface area (Å²) in [6, 6.07) is 16.8. The lowest BCUT2D eigenvalue weighted by Crippen LogP contribution is -1.96. The molecule has 0 bridgehead atoms. The number of hydrogen-bond acceptors (Lipinski definition) is 2. The Hall–Kier alpha value is -2.29. The Morgan fingerprint density at radius 3 is 2.56 bits per heavy atom. The molecule has 0 saturated heterocycles. The zero-order chi connectivity index (χ0) is 12.5. The van der Waals surface area contributed by atoms with E-state index in [4.69, 9.17) is 5.73 Å². The second-order valence-corrected chi connectivity index (χ2v) is 4.58. The van der Waals surface area contributed by atoms with Crippen LogP contribution in [-0.2, 0) is 0 Å². The molecule has 3 rings (SSSR count). The van der Waals surface area contributed by atoms with Crippen molar-refractivity contribution in [1.29, 1.82) is 0 Å². The fourth-order valence-corrected chi connectivity index (χ4v) is 2.23. The first-order chi connectivity index (χ1) is 8.74. The molecule has 0 spiro atoms. The summed E-state index contributed by atoms with van der Waals surface area (Å²) in [5.41, 5.74) is 7.95. The summed E-state index contributed by atoms with van der Waals surface area (Å²) in [6.45, 7) is 2.15. The van der Waals surface area contributed by atoms with Crippen LogP contribution in [-0.4, -0.2) is 10.2 Å². The topological polar surface area (TPSA) is 54.7 Å². The van der Waals surface area contributed by atoms with Crippen LogP contribution in [0.15, 0.2) is 48.5 Å². The van der Waals surface area contributed by atoms with Crippen molar-refractivity contribution in [3.8, 4) is 0 Å². The third kappa shape index (κ3) is 1.84. The third-order valence-electron chi connectivity index (χ3n) is 3.36. The Kier molecular flexibility index (Phi) is 2.52. The van der Waals surface area contributed by atoms with Crippen LogP contribution in [0.25, 0.3) is 10.8 Å². The van der Waals surface area contributed by atoms with Gasteiger partial charge in [-0.1, -0.05) is 49.4 Å². The maximum atomic E-state index is 5.64. The van der Waals surface area contributed by atoms with Crippen LogP contribution in [0.5, 0.6) is 0 Å². The normalized spacial score (nSPS) is 12.7. The molecule has 0 aliphatic rings. The summed E-state index contributed by atoms with van der Waals surface area (Å²) >= 11 is 0. The highest BCUT2D eigenvalue weighted by atomic mass is 15.2. The number of aromatic amines is 1. The van der Waals surface area contributed by atoms with E-state index in [1.54, 1.807) is 0 Å². The molecule has 0 radical (unpaired) electrons. The Balaban J connectivity index is 2.03. The predicted molar refractivity (Wildman–Crippen MR) is 74.5 cm³/mol. The number of nitrogens with two attached hydrogens (primary N) is 1. The van der Waals surface area contributed by atoms with Crippen molar-refractivity contribution >= 4 is 16.6 Å². The number of aromatic nitrogens is 2. The molecule has 1 atom stereocenters. The number of rotatable bonds is 2. The first-order valence-corrected chi connectivity index (χ1v) is 6.03. The first-order valence-electron chi connectivity index (χ1n) is 6.03. The van der Waals surface area contributed by atoms with Crippen molar-refractivity contribution in [1.82, 2.24) is 10.2 Å². The van der Waals surface area contributed by atoms with E-state index in [-0.39, 0.29) is 5.92 Å². The summed E-state index contributed by atoms with van der Waals surface area (Å²) in [7, 11) is 0. The van der Waals surface area contributed by atoms with Gasteiger partial charge in [-0.2, -0.15) is 5.10 Å². The average molecular weight is 237 g/mol. The number of benzene rings is 2. The lowest BCUT2D eigenvalue weighted by Gasteiger charge is -2.10. The lowest BCUT2D eigenvalue weighted by atomic mass is 9.95. The van der Waals surface area contributed by atoms with Gasteiger partial charge in [0.2, 0.25) is 0 Å². The highest BCUT2D eigenvalue weighted by molar-refractivity contribution is 5.83. The molecule has 0 aliphatic carbocycles. The van der Waals surface area contributed by atoms with Crippen molar-refractivity contribution in [2.45, 2.75) is 12.8 Å². The number of hydrogen-bond donors (Lipinski definition) is 2. The fraction of sp³-hybridized carbons (Fsp3) is 0.133. The zero-order valence-corrected chi connectivity index (χ0v) is 10.2. The standard InChI is InChI=1S/C15H15N3/c1-10(14-9-15(16)18-17-14)12-7-6-11-4-2-3-5-13(11)8-12/h2-10H,1H3,(H3,16,17,18). The molecule has 0 fully saturated rings. The highest BCUT2D eigenvalue weighted by Crippen LogP contribution is 2.26. The van der Waals surface area contributed by atoms with E-state index in [2.05, 4.69) is 59.6 Å². The molecule has 1 unspecified atom stereocenters. The average Bonchev–Trinajstić information content (AvgIpc) is 2.84. The van der Waals surface area contributed by atoms with E-state index in [1.165, 1.54) is 16.3 Å². The van der Waals surface area contributed by atoms with Gasteiger partial charge < -0.3 is 5.73 Å². The van der Waals surface area contributed by atoms with Crippen molar-refractivity contribution in [3.05, 3.63) is 59.8 Å². The van der Waals surface area contributed by atoms with Gasteiger partial charge in [-0.25, -0.2) is 0 Å². The zero-order valence-electron chi connectivity index (χ0n) is 10.2. The van der Waals surface area contributed by atoms with Crippen LogP contribution in [0.1, 0.15) is 24.1 Å². The van der Waals surface area contributed by atoms with E-state index in [9.17, 15) is 0 Å². The summed E-state index contributed by atoms with van der Waals surface area (Å²) < 4.78 is 0. The minimum Gasteiger partial charge on any atom is -0.382 e. The van der Waals surface area contributed by atoms with Crippen molar-refractivity contribution in [2.24, 2.45) is 0 Å². The summed E-state index contributed by atoms with van der Waals surface area (Å²) in [4.78, 5) is 0. The van der Waals surface area contributed by atoms with Crippen LogP contribution in [0, 0.1) is 0 Å². The molecule has 3 aromatic rings. The Morgan fingerprint density at radius 1 is 1.06 bits per heavy atom. The quantitative estimate of drug-likeness (QED) is 0.718. The van der Waals surface area contributed by atoms with Crippen LogP contribution in [0.2, 0.25) is 0 Å². The molecular formula is C15H15N3. The summed E-state index contributed by atoms with van der Waals surface area (Å²) in [5.74, 6) is 0.803. The van der Waals surface area contributed by atoms with Gasteiger partial charge in [-0.05, 0) is 16.3 Å². The minimum absolute atomic E-state index is 0.263. The van der Waals surface area contributed by atoms with Crippen LogP contribution in [0.3, 0.4) is 0 Å². The Labute approximate surface area is 106 Å². The first kappa shape index (κ1) is 10.8. The molecule has 18 heavy (non-hydrogen) atoms. The maximum absolute atomic E-state index is 5.64. The molecule has 3 nitrogen and oxygen atoms in total. The lowest BCUT2D eigenvalue weighted by molar-refractivity contribution is 0.856. The number of nitrogen functional groups attached to an aromatic ring is 1. The second kappa shape index (κ2) is 4.18. The van der Waals surface area contributed by atoms with Gasteiger partial charge in [0.05, 0.1) is 0 Å². The Morgan fingerprint density at radius 2 is 1.83 bits per heavy atom. The number of anilines is 1. The molecular weight excluding hydrogens is 222 g/mol. The molecule has 0 amide bonds. The van der Waals surface area contributed by atoms with E-state index in [0.717, 1.165) is 5.69 Å². The Bertz CT molecular complexity index is 685. The van der Waals surface area contributed by atoms with E-state index < -0.39 is 0 Å². The van der Waals surface area contributed by atoms with Gasteiger partial charge in [0, 0.05) is 17.7 Å². The van der Waals surface area contributed by atoms with Crippen LogP contribution >= 0.6 is 0 Å². The monoisotopic (exact) mass is 237 g/mol. The van der Waals surface area contributed by atoms with Gasteiger partial charge in [0.15, 0.2) is 0 Å². The maximum Gasteiger partial charge on any atom is 0.145 e. The van der Waals surface area contributed by atoms with Gasteiger partial charge in [0.25, 0.3) is 0 Å². The number of fused-ring (bicyclic) bond motifs is 1. The summed E-state index contributed by atoms with van der Waals surface area (Å²) in [6.07, 6.45) is 0. The van der Waals surface area contributed by atoms with E-state index in [0.29, 0.717) is 5.82 Å². The minimum atomic E-state index is 0.263. The molecule has 0 aliphatic heterocycles. The molecule has 3 N–H and O–H groups in total. The predicted octanol–water partition coefficient (Wildman–Crippen LogP) is 3.30. The number of nitrogens with one attached hydrogen (secondary N) is 1. The third-order valence-corrected chi connectivity index (χ3v) is 3.36. The van der Waals surface area contributed by atoms with Gasteiger partial charge in [-0.15, -0.1) is 0 Å². The largest absolute Gasteiger partial charge is 0.382 e. The van der Waals surface area contributed by atoms with Gasteiger partial charge in [-0.3, -0.25) is 5.10 Å². The molecule has 1 heterocycles. The second-order valence-electron chi connectivity index (χ2n) is 4.58. The smallest absolute Gasteiger partial charge is 0.145 e. The molecule has 0 saturated carbocycles. The fourth-order valence-electron chi connectivity index (χ4n) is 2.23. The van der Waals surface area contributed by atoms with E-state index >= 15 is 0 Å². The molecule has 2 aromatic carbocycles. The number of nitrogens with zero attached hydrogens (tertiary/aromatic N) is 1.